The number of hydrogen-bond acceptors (Lipinski definition) is 2. The van der Waals surface area contributed by atoms with E-state index in [0.29, 0.717) is 23.6 Å². The minimum atomic E-state index is 0.0808. The fraction of sp³-hybridized carbons (Fsp3) is 0.278. The number of carbonyl (C=O) groups excluding carboxylic acids is 1. The molecule has 3 heteroatoms. The van der Waals surface area contributed by atoms with Crippen molar-refractivity contribution in [2.75, 3.05) is 18.5 Å². The number of benzene rings is 2. The topological polar surface area (TPSA) is 20.3 Å². The van der Waals surface area contributed by atoms with Gasteiger partial charge in [0.2, 0.25) is 0 Å². The molecule has 0 aromatic heterocycles. The van der Waals surface area contributed by atoms with Crippen LogP contribution in [0.4, 0.5) is 5.69 Å². The number of halogens is 1. The van der Waals surface area contributed by atoms with Crippen LogP contribution < -0.4 is 4.90 Å². The second-order valence-electron chi connectivity index (χ2n) is 5.36. The number of ketones is 1. The number of hydrogen-bond donors (Lipinski definition) is 0. The average Bonchev–Trinajstić information content (AvgIpc) is 2.45. The van der Waals surface area contributed by atoms with E-state index >= 15 is 0 Å². The lowest BCUT2D eigenvalue weighted by atomic mass is 10.1. The van der Waals surface area contributed by atoms with Gasteiger partial charge in [-0.1, -0.05) is 41.4 Å². The van der Waals surface area contributed by atoms with Crippen molar-refractivity contribution in [3.05, 3.63) is 64.2 Å². The number of anilines is 1. The summed E-state index contributed by atoms with van der Waals surface area (Å²) < 4.78 is 0. The Morgan fingerprint density at radius 1 is 1.14 bits per heavy atom. The standard InChI is InChI=1S/C18H20ClNO/c1-13-8-9-17(14(2)12-13)20(3)11-10-18(21)15-6-4-5-7-16(15)19/h4-9,12H,10-11H2,1-3H3. The van der Waals surface area contributed by atoms with E-state index in [2.05, 4.69) is 36.9 Å². The van der Waals surface area contributed by atoms with E-state index in [0.717, 1.165) is 5.69 Å². The maximum Gasteiger partial charge on any atom is 0.166 e. The highest BCUT2D eigenvalue weighted by Gasteiger charge is 2.12. The van der Waals surface area contributed by atoms with Gasteiger partial charge in [0.1, 0.15) is 0 Å². The lowest BCUT2D eigenvalue weighted by molar-refractivity contribution is 0.0985. The third-order valence-electron chi connectivity index (χ3n) is 3.61. The largest absolute Gasteiger partial charge is 0.374 e. The van der Waals surface area contributed by atoms with E-state index in [1.165, 1.54) is 11.1 Å². The fourth-order valence-electron chi connectivity index (χ4n) is 2.45. The van der Waals surface area contributed by atoms with Gasteiger partial charge in [-0.3, -0.25) is 4.79 Å². The molecule has 0 aliphatic carbocycles. The first kappa shape index (κ1) is 15.6. The van der Waals surface area contributed by atoms with Crippen molar-refractivity contribution in [1.29, 1.82) is 0 Å². The molecule has 110 valence electrons. The van der Waals surface area contributed by atoms with Gasteiger partial charge < -0.3 is 4.90 Å². The number of carbonyl (C=O) groups is 1. The fourth-order valence-corrected chi connectivity index (χ4v) is 2.69. The Morgan fingerprint density at radius 3 is 2.52 bits per heavy atom. The molecule has 0 amide bonds. The zero-order chi connectivity index (χ0) is 15.4. The zero-order valence-electron chi connectivity index (χ0n) is 12.7. The van der Waals surface area contributed by atoms with Gasteiger partial charge in [-0.25, -0.2) is 0 Å². The Hall–Kier alpha value is -1.80. The van der Waals surface area contributed by atoms with Crippen LogP contribution in [0.15, 0.2) is 42.5 Å². The Balaban J connectivity index is 2.02. The Kier molecular flexibility index (Phi) is 5.03. The maximum atomic E-state index is 12.2. The normalized spacial score (nSPS) is 10.5. The summed E-state index contributed by atoms with van der Waals surface area (Å²) >= 11 is 6.06. The van der Waals surface area contributed by atoms with Crippen LogP contribution in [0, 0.1) is 13.8 Å². The molecule has 0 atom stereocenters. The summed E-state index contributed by atoms with van der Waals surface area (Å²) in [5, 5.41) is 0.525. The minimum Gasteiger partial charge on any atom is -0.374 e. The molecular weight excluding hydrogens is 282 g/mol. The van der Waals surface area contributed by atoms with E-state index < -0.39 is 0 Å². The molecule has 2 aromatic carbocycles. The third kappa shape index (κ3) is 3.85. The van der Waals surface area contributed by atoms with Crippen molar-refractivity contribution in [3.63, 3.8) is 0 Å². The van der Waals surface area contributed by atoms with Gasteiger partial charge in [-0.05, 0) is 37.6 Å². The van der Waals surface area contributed by atoms with Gasteiger partial charge >= 0.3 is 0 Å². The van der Waals surface area contributed by atoms with Crippen molar-refractivity contribution >= 4 is 23.1 Å². The molecule has 2 aromatic rings. The predicted molar refractivity (Wildman–Crippen MR) is 89.6 cm³/mol. The average molecular weight is 302 g/mol. The first-order valence-corrected chi connectivity index (χ1v) is 7.43. The second kappa shape index (κ2) is 6.77. The van der Waals surface area contributed by atoms with Crippen LogP contribution in [-0.2, 0) is 0 Å². The highest BCUT2D eigenvalue weighted by Crippen LogP contribution is 2.21. The van der Waals surface area contributed by atoms with Gasteiger partial charge in [0, 0.05) is 31.3 Å². The SMILES string of the molecule is Cc1ccc(N(C)CCC(=O)c2ccccc2Cl)c(C)c1. The molecule has 0 bridgehead atoms. The molecule has 0 fully saturated rings. The molecule has 0 unspecified atom stereocenters. The monoisotopic (exact) mass is 301 g/mol. The van der Waals surface area contributed by atoms with Crippen molar-refractivity contribution < 1.29 is 4.79 Å². The number of Topliss-reactive ketones (excluding diaryl/α,β-unsaturated/α-hetero) is 1. The van der Waals surface area contributed by atoms with Crippen LogP contribution in [0.25, 0.3) is 0 Å². The molecule has 2 rings (SSSR count). The maximum absolute atomic E-state index is 12.2. The Morgan fingerprint density at radius 2 is 1.86 bits per heavy atom. The lowest BCUT2D eigenvalue weighted by Crippen LogP contribution is -2.22. The molecule has 0 N–H and O–H groups in total. The van der Waals surface area contributed by atoms with Gasteiger partial charge in [-0.2, -0.15) is 0 Å². The quantitative estimate of drug-likeness (QED) is 0.748. The van der Waals surface area contributed by atoms with Crippen LogP contribution in [-0.4, -0.2) is 19.4 Å². The summed E-state index contributed by atoms with van der Waals surface area (Å²) in [7, 11) is 2.01. The van der Waals surface area contributed by atoms with E-state index in [4.69, 9.17) is 11.6 Å². The Bertz CT molecular complexity index is 651. The van der Waals surface area contributed by atoms with E-state index in [1.54, 1.807) is 12.1 Å². The van der Waals surface area contributed by atoms with Crippen molar-refractivity contribution in [2.45, 2.75) is 20.3 Å². The molecular formula is C18H20ClNO. The summed E-state index contributed by atoms with van der Waals surface area (Å²) in [4.78, 5) is 14.3. The van der Waals surface area contributed by atoms with E-state index in [-0.39, 0.29) is 5.78 Å². The summed E-state index contributed by atoms with van der Waals surface area (Å²) in [5.74, 6) is 0.0808. The summed E-state index contributed by atoms with van der Waals surface area (Å²) in [6.07, 6.45) is 0.452. The highest BCUT2D eigenvalue weighted by atomic mass is 35.5. The van der Waals surface area contributed by atoms with Crippen LogP contribution in [0.3, 0.4) is 0 Å². The number of aryl methyl sites for hydroxylation is 2. The van der Waals surface area contributed by atoms with Crippen molar-refractivity contribution in [1.82, 2.24) is 0 Å². The second-order valence-corrected chi connectivity index (χ2v) is 5.77. The molecule has 0 saturated carbocycles. The summed E-state index contributed by atoms with van der Waals surface area (Å²) in [5.41, 5.74) is 4.24. The third-order valence-corrected chi connectivity index (χ3v) is 3.94. The molecule has 2 nitrogen and oxygen atoms in total. The Labute approximate surface area is 131 Å². The predicted octanol–water partition coefficient (Wildman–Crippen LogP) is 4.67. The van der Waals surface area contributed by atoms with Gasteiger partial charge in [0.25, 0.3) is 0 Å². The lowest BCUT2D eigenvalue weighted by Gasteiger charge is -2.21. The van der Waals surface area contributed by atoms with Crippen molar-refractivity contribution in [2.24, 2.45) is 0 Å². The molecule has 21 heavy (non-hydrogen) atoms. The molecule has 0 spiro atoms. The van der Waals surface area contributed by atoms with E-state index in [1.807, 2.05) is 19.2 Å². The van der Waals surface area contributed by atoms with Crippen molar-refractivity contribution in [3.8, 4) is 0 Å². The first-order chi connectivity index (χ1) is 9.99. The molecule has 0 radical (unpaired) electrons. The van der Waals surface area contributed by atoms with Gasteiger partial charge in [0.15, 0.2) is 5.78 Å². The number of nitrogens with zero attached hydrogens (tertiary/aromatic N) is 1. The smallest absolute Gasteiger partial charge is 0.166 e. The molecule has 0 aliphatic rings. The number of rotatable bonds is 5. The van der Waals surface area contributed by atoms with Gasteiger partial charge in [0.05, 0.1) is 5.02 Å². The van der Waals surface area contributed by atoms with Crippen LogP contribution in [0.2, 0.25) is 5.02 Å². The zero-order valence-corrected chi connectivity index (χ0v) is 13.4. The van der Waals surface area contributed by atoms with E-state index in [9.17, 15) is 4.79 Å². The molecule has 0 heterocycles. The molecule has 0 saturated heterocycles. The summed E-state index contributed by atoms with van der Waals surface area (Å²) in [6, 6.07) is 13.6. The van der Waals surface area contributed by atoms with Gasteiger partial charge in [-0.15, -0.1) is 0 Å². The highest BCUT2D eigenvalue weighted by molar-refractivity contribution is 6.33. The molecule has 0 aliphatic heterocycles. The minimum absolute atomic E-state index is 0.0808. The summed E-state index contributed by atoms with van der Waals surface area (Å²) in [6.45, 7) is 4.85. The van der Waals surface area contributed by atoms with Crippen LogP contribution in [0.5, 0.6) is 0 Å². The first-order valence-electron chi connectivity index (χ1n) is 7.05. The van der Waals surface area contributed by atoms with Crippen LogP contribution >= 0.6 is 11.6 Å². The van der Waals surface area contributed by atoms with Crippen LogP contribution in [0.1, 0.15) is 27.9 Å².